The van der Waals surface area contributed by atoms with Crippen molar-refractivity contribution in [3.8, 4) is 11.6 Å². The summed E-state index contributed by atoms with van der Waals surface area (Å²) >= 11 is 0. The molecule has 21 heavy (non-hydrogen) atoms. The van der Waals surface area contributed by atoms with Crippen molar-refractivity contribution in [3.63, 3.8) is 0 Å². The molecule has 0 saturated heterocycles. The number of hydrogen-bond acceptors (Lipinski definition) is 4. The van der Waals surface area contributed by atoms with E-state index in [4.69, 9.17) is 9.47 Å². The van der Waals surface area contributed by atoms with E-state index in [2.05, 4.69) is 4.98 Å². The number of amides is 1. The Bertz CT molecular complexity index is 631. The maximum atomic E-state index is 11.5. The fourth-order valence-corrected chi connectivity index (χ4v) is 1.87. The number of carboxylic acid groups (broad SMARTS) is 1. The summed E-state index contributed by atoms with van der Waals surface area (Å²) in [6.45, 7) is 0.173. The van der Waals surface area contributed by atoms with Gasteiger partial charge in [0.1, 0.15) is 11.6 Å². The molecule has 2 aromatic rings. The lowest BCUT2D eigenvalue weighted by Gasteiger charge is -2.19. The van der Waals surface area contributed by atoms with E-state index in [1.807, 2.05) is 12.1 Å². The minimum Gasteiger partial charge on any atom is -0.497 e. The molecule has 0 aliphatic rings. The minimum atomic E-state index is -1.08. The third-order valence-electron chi connectivity index (χ3n) is 2.90. The third-order valence-corrected chi connectivity index (χ3v) is 2.90. The molecule has 1 aromatic heterocycles. The van der Waals surface area contributed by atoms with Crippen molar-refractivity contribution in [1.29, 1.82) is 0 Å². The molecule has 6 heteroatoms. The fourth-order valence-electron chi connectivity index (χ4n) is 1.87. The van der Waals surface area contributed by atoms with Crippen LogP contribution in [0, 0.1) is 0 Å². The van der Waals surface area contributed by atoms with E-state index in [0.29, 0.717) is 17.4 Å². The van der Waals surface area contributed by atoms with Crippen molar-refractivity contribution in [2.45, 2.75) is 6.54 Å². The number of hydrogen-bond donors (Lipinski definition) is 1. The van der Waals surface area contributed by atoms with Crippen LogP contribution in [0.1, 0.15) is 5.56 Å². The summed E-state index contributed by atoms with van der Waals surface area (Å²) in [5.41, 5.74) is 0.807. The first-order valence-electron chi connectivity index (χ1n) is 6.28. The summed E-state index contributed by atoms with van der Waals surface area (Å²) < 4.78 is 10.2. The van der Waals surface area contributed by atoms with Crippen molar-refractivity contribution < 1.29 is 19.4 Å². The summed E-state index contributed by atoms with van der Waals surface area (Å²) in [5.74, 6) is 1.35. The third kappa shape index (κ3) is 3.62. The molecule has 1 amide bonds. The second-order valence-corrected chi connectivity index (χ2v) is 4.26. The Balaban J connectivity index is 2.28. The number of nitrogens with zero attached hydrogens (tertiary/aromatic N) is 2. The molecule has 1 N–H and O–H groups in total. The van der Waals surface area contributed by atoms with Crippen LogP contribution in [-0.2, 0) is 6.54 Å². The van der Waals surface area contributed by atoms with Crippen LogP contribution < -0.4 is 14.4 Å². The summed E-state index contributed by atoms with van der Waals surface area (Å²) in [6.07, 6.45) is -1.08. The molecule has 0 fully saturated rings. The van der Waals surface area contributed by atoms with Gasteiger partial charge in [-0.15, -0.1) is 0 Å². The second kappa shape index (κ2) is 6.60. The van der Waals surface area contributed by atoms with E-state index >= 15 is 0 Å². The minimum absolute atomic E-state index is 0.173. The maximum absolute atomic E-state index is 11.5. The highest BCUT2D eigenvalue weighted by Crippen LogP contribution is 2.20. The van der Waals surface area contributed by atoms with Crippen molar-refractivity contribution in [2.75, 3.05) is 19.1 Å². The van der Waals surface area contributed by atoms with Gasteiger partial charge in [0.2, 0.25) is 5.88 Å². The van der Waals surface area contributed by atoms with Gasteiger partial charge in [0.05, 0.1) is 20.8 Å². The molecule has 2 rings (SSSR count). The lowest BCUT2D eigenvalue weighted by Crippen LogP contribution is -2.29. The zero-order valence-electron chi connectivity index (χ0n) is 11.8. The van der Waals surface area contributed by atoms with E-state index in [9.17, 15) is 9.90 Å². The molecule has 0 unspecified atom stereocenters. The number of carbonyl (C=O) groups is 1. The Morgan fingerprint density at radius 1 is 1.19 bits per heavy atom. The van der Waals surface area contributed by atoms with Crippen LogP contribution in [-0.4, -0.2) is 30.4 Å². The standard InChI is InChI=1S/C15H16N2O4/c1-20-12-6-3-5-11(9-12)10-17(15(18)19)13-7-4-8-14(16-13)21-2/h3-9H,10H2,1-2H3,(H,18,19). The molecule has 0 radical (unpaired) electrons. The highest BCUT2D eigenvalue weighted by Gasteiger charge is 2.17. The number of anilines is 1. The monoisotopic (exact) mass is 288 g/mol. The van der Waals surface area contributed by atoms with Gasteiger partial charge in [0.15, 0.2) is 0 Å². The zero-order valence-corrected chi connectivity index (χ0v) is 11.8. The molecule has 6 nitrogen and oxygen atoms in total. The van der Waals surface area contributed by atoms with Crippen LogP contribution >= 0.6 is 0 Å². The van der Waals surface area contributed by atoms with Crippen LogP contribution in [0.5, 0.6) is 11.6 Å². The lowest BCUT2D eigenvalue weighted by atomic mass is 10.2. The average molecular weight is 288 g/mol. The number of ether oxygens (including phenoxy) is 2. The molecule has 1 heterocycles. The summed E-state index contributed by atoms with van der Waals surface area (Å²) in [5, 5.41) is 9.39. The van der Waals surface area contributed by atoms with Crippen LogP contribution in [0.3, 0.4) is 0 Å². The first-order valence-corrected chi connectivity index (χ1v) is 6.28. The Kier molecular flexibility index (Phi) is 4.61. The largest absolute Gasteiger partial charge is 0.497 e. The number of aromatic nitrogens is 1. The Labute approximate surface area is 122 Å². The highest BCUT2D eigenvalue weighted by molar-refractivity contribution is 5.84. The molecule has 0 spiro atoms. The lowest BCUT2D eigenvalue weighted by molar-refractivity contribution is 0.201. The zero-order chi connectivity index (χ0) is 15.2. The second-order valence-electron chi connectivity index (χ2n) is 4.26. The van der Waals surface area contributed by atoms with Gasteiger partial charge in [0, 0.05) is 6.07 Å². The molecule has 0 aliphatic heterocycles. The first-order chi connectivity index (χ1) is 10.1. The molecule has 0 aliphatic carbocycles. The predicted molar refractivity (Wildman–Crippen MR) is 78.0 cm³/mol. The van der Waals surface area contributed by atoms with Crippen molar-refractivity contribution >= 4 is 11.9 Å². The smallest absolute Gasteiger partial charge is 0.413 e. The van der Waals surface area contributed by atoms with E-state index in [0.717, 1.165) is 10.5 Å². The van der Waals surface area contributed by atoms with E-state index < -0.39 is 6.09 Å². The number of methoxy groups -OCH3 is 2. The van der Waals surface area contributed by atoms with Gasteiger partial charge >= 0.3 is 6.09 Å². The van der Waals surface area contributed by atoms with Crippen molar-refractivity contribution in [2.24, 2.45) is 0 Å². The number of rotatable bonds is 5. The SMILES string of the molecule is COc1cccc(CN(C(=O)O)c2cccc(OC)n2)c1. The summed E-state index contributed by atoms with van der Waals surface area (Å²) in [4.78, 5) is 16.8. The van der Waals surface area contributed by atoms with Gasteiger partial charge in [-0.2, -0.15) is 4.98 Å². The normalized spacial score (nSPS) is 10.0. The van der Waals surface area contributed by atoms with E-state index in [-0.39, 0.29) is 6.54 Å². The number of pyridine rings is 1. The average Bonchev–Trinajstić information content (AvgIpc) is 2.52. The van der Waals surface area contributed by atoms with Gasteiger partial charge in [0.25, 0.3) is 0 Å². The van der Waals surface area contributed by atoms with Crippen LogP contribution in [0.2, 0.25) is 0 Å². The molecule has 1 aromatic carbocycles. The fraction of sp³-hybridized carbons (Fsp3) is 0.200. The van der Waals surface area contributed by atoms with Crippen LogP contribution in [0.15, 0.2) is 42.5 Å². The van der Waals surface area contributed by atoms with Crippen LogP contribution in [0.4, 0.5) is 10.6 Å². The van der Waals surface area contributed by atoms with Crippen molar-refractivity contribution in [1.82, 2.24) is 4.98 Å². The van der Waals surface area contributed by atoms with Gasteiger partial charge in [-0.3, -0.25) is 4.90 Å². The topological polar surface area (TPSA) is 71.9 Å². The Morgan fingerprint density at radius 2 is 1.95 bits per heavy atom. The Hall–Kier alpha value is -2.76. The quantitative estimate of drug-likeness (QED) is 0.916. The van der Waals surface area contributed by atoms with Gasteiger partial charge in [-0.25, -0.2) is 4.79 Å². The molecule has 0 atom stereocenters. The van der Waals surface area contributed by atoms with E-state index in [1.165, 1.54) is 7.11 Å². The number of benzene rings is 1. The van der Waals surface area contributed by atoms with Crippen molar-refractivity contribution in [3.05, 3.63) is 48.0 Å². The highest BCUT2D eigenvalue weighted by atomic mass is 16.5. The van der Waals surface area contributed by atoms with Gasteiger partial charge in [-0.05, 0) is 23.8 Å². The molecular weight excluding hydrogens is 272 g/mol. The summed E-state index contributed by atoms with van der Waals surface area (Å²) in [6, 6.07) is 12.2. The van der Waals surface area contributed by atoms with Gasteiger partial charge in [-0.1, -0.05) is 18.2 Å². The molecule has 110 valence electrons. The predicted octanol–water partition coefficient (Wildman–Crippen LogP) is 2.78. The van der Waals surface area contributed by atoms with Crippen LogP contribution in [0.25, 0.3) is 0 Å². The van der Waals surface area contributed by atoms with Gasteiger partial charge < -0.3 is 14.6 Å². The molecular formula is C15H16N2O4. The van der Waals surface area contributed by atoms with E-state index in [1.54, 1.807) is 37.4 Å². The molecule has 0 saturated carbocycles. The maximum Gasteiger partial charge on any atom is 0.413 e. The Morgan fingerprint density at radius 3 is 2.62 bits per heavy atom. The summed E-state index contributed by atoms with van der Waals surface area (Å²) in [7, 11) is 3.05. The molecule has 0 bridgehead atoms. The first kappa shape index (κ1) is 14.6.